The molecule has 3 rings (SSSR count). The van der Waals surface area contributed by atoms with Gasteiger partial charge in [0.15, 0.2) is 5.16 Å². The minimum atomic E-state index is -0.346. The number of fused-ring (bicyclic) bond motifs is 1. The van der Waals surface area contributed by atoms with Crippen molar-refractivity contribution in [1.29, 1.82) is 0 Å². The van der Waals surface area contributed by atoms with Gasteiger partial charge in [-0.1, -0.05) is 17.8 Å². The molecule has 1 amide bonds. The Hall–Kier alpha value is -1.64. The maximum Gasteiger partial charge on any atom is 0.263 e. The van der Waals surface area contributed by atoms with Gasteiger partial charge in [0, 0.05) is 28.4 Å². The number of hydrogen-bond acceptors (Lipinski definition) is 6. The summed E-state index contributed by atoms with van der Waals surface area (Å²) in [5.41, 5.74) is 0.562. The Labute approximate surface area is 164 Å². The monoisotopic (exact) mass is 407 g/mol. The lowest BCUT2D eigenvalue weighted by Crippen LogP contribution is -2.44. The molecule has 1 unspecified atom stereocenters. The van der Waals surface area contributed by atoms with Gasteiger partial charge in [0.2, 0.25) is 5.91 Å². The summed E-state index contributed by atoms with van der Waals surface area (Å²) in [5, 5.41) is 7.80. The molecule has 1 atom stereocenters. The second kappa shape index (κ2) is 7.17. The number of nitrogens with one attached hydrogen (secondary N) is 1. The molecule has 26 heavy (non-hydrogen) atoms. The number of carbonyl (C=O) groups excluding carboxylic acids is 1. The molecule has 0 bridgehead atoms. The van der Waals surface area contributed by atoms with Crippen molar-refractivity contribution in [2.24, 2.45) is 7.05 Å². The Morgan fingerprint density at radius 2 is 2.08 bits per heavy atom. The number of nitrogens with zero attached hydrogens (tertiary/aromatic N) is 2. The van der Waals surface area contributed by atoms with Crippen LogP contribution in [0.3, 0.4) is 0 Å². The molecule has 3 heterocycles. The average molecular weight is 408 g/mol. The fourth-order valence-electron chi connectivity index (χ4n) is 2.45. The fourth-order valence-corrected chi connectivity index (χ4v) is 5.13. The van der Waals surface area contributed by atoms with Crippen LogP contribution >= 0.6 is 34.4 Å². The van der Waals surface area contributed by atoms with E-state index in [2.05, 4.69) is 10.3 Å². The predicted octanol–water partition coefficient (Wildman–Crippen LogP) is 4.12. The van der Waals surface area contributed by atoms with E-state index < -0.39 is 0 Å². The van der Waals surface area contributed by atoms with Gasteiger partial charge in [-0.2, -0.15) is 0 Å². The van der Waals surface area contributed by atoms with Gasteiger partial charge in [-0.3, -0.25) is 14.2 Å². The van der Waals surface area contributed by atoms with Gasteiger partial charge in [0.1, 0.15) is 4.83 Å². The third-order valence-electron chi connectivity index (χ3n) is 3.71. The van der Waals surface area contributed by atoms with E-state index >= 15 is 0 Å². The van der Waals surface area contributed by atoms with Crippen molar-refractivity contribution in [1.82, 2.24) is 14.9 Å². The van der Waals surface area contributed by atoms with Crippen molar-refractivity contribution in [3.05, 3.63) is 33.2 Å². The molecule has 0 aliphatic heterocycles. The molecule has 0 spiro atoms. The predicted molar refractivity (Wildman–Crippen MR) is 111 cm³/mol. The van der Waals surface area contributed by atoms with Crippen LogP contribution < -0.4 is 10.9 Å². The second-order valence-corrected chi connectivity index (χ2v) is 10.2. The van der Waals surface area contributed by atoms with Crippen molar-refractivity contribution in [3.8, 4) is 10.4 Å². The molecular formula is C18H21N3O2S3. The van der Waals surface area contributed by atoms with Crippen LogP contribution in [0.5, 0.6) is 0 Å². The molecule has 0 aliphatic carbocycles. The lowest BCUT2D eigenvalue weighted by atomic mass is 10.1. The molecular weight excluding hydrogens is 386 g/mol. The van der Waals surface area contributed by atoms with Crippen molar-refractivity contribution >= 4 is 50.6 Å². The van der Waals surface area contributed by atoms with Crippen LogP contribution in [-0.4, -0.2) is 26.2 Å². The highest BCUT2D eigenvalue weighted by atomic mass is 32.2. The minimum Gasteiger partial charge on any atom is -0.351 e. The highest BCUT2D eigenvalue weighted by molar-refractivity contribution is 8.00. The van der Waals surface area contributed by atoms with Gasteiger partial charge < -0.3 is 5.32 Å². The zero-order valence-corrected chi connectivity index (χ0v) is 17.8. The summed E-state index contributed by atoms with van der Waals surface area (Å²) >= 11 is 4.37. The molecule has 0 saturated carbocycles. The van der Waals surface area contributed by atoms with Gasteiger partial charge in [-0.15, -0.1) is 22.7 Å². The van der Waals surface area contributed by atoms with Gasteiger partial charge in [0.25, 0.3) is 5.56 Å². The van der Waals surface area contributed by atoms with Crippen molar-refractivity contribution in [2.45, 2.75) is 43.6 Å². The zero-order valence-electron chi connectivity index (χ0n) is 15.3. The van der Waals surface area contributed by atoms with E-state index in [0.29, 0.717) is 15.4 Å². The number of amides is 1. The molecule has 1 N–H and O–H groups in total. The van der Waals surface area contributed by atoms with E-state index in [1.54, 1.807) is 18.4 Å². The summed E-state index contributed by atoms with van der Waals surface area (Å²) in [6, 6.07) is 3.98. The Balaban J connectivity index is 1.95. The summed E-state index contributed by atoms with van der Waals surface area (Å²) in [7, 11) is 1.71. The Morgan fingerprint density at radius 3 is 2.69 bits per heavy atom. The topological polar surface area (TPSA) is 64.0 Å². The van der Waals surface area contributed by atoms with E-state index in [0.717, 1.165) is 10.4 Å². The number of thioether (sulfide) groups is 1. The van der Waals surface area contributed by atoms with Crippen molar-refractivity contribution < 1.29 is 4.79 Å². The van der Waals surface area contributed by atoms with E-state index in [4.69, 9.17) is 0 Å². The van der Waals surface area contributed by atoms with Crippen LogP contribution in [0.2, 0.25) is 0 Å². The van der Waals surface area contributed by atoms with Crippen molar-refractivity contribution in [2.75, 3.05) is 0 Å². The Bertz CT molecular complexity index is 997. The molecule has 5 nitrogen and oxygen atoms in total. The van der Waals surface area contributed by atoms with Gasteiger partial charge in [0.05, 0.1) is 10.6 Å². The van der Waals surface area contributed by atoms with Crippen LogP contribution in [0.1, 0.15) is 27.7 Å². The first-order valence-corrected chi connectivity index (χ1v) is 10.8. The first-order chi connectivity index (χ1) is 12.2. The van der Waals surface area contributed by atoms with Crippen LogP contribution in [0.15, 0.2) is 32.8 Å². The largest absolute Gasteiger partial charge is 0.351 e. The Morgan fingerprint density at radius 1 is 1.35 bits per heavy atom. The fraction of sp³-hybridized carbons (Fsp3) is 0.389. The number of aromatic nitrogens is 2. The average Bonchev–Trinajstić information content (AvgIpc) is 3.19. The van der Waals surface area contributed by atoms with Crippen LogP contribution in [-0.2, 0) is 11.8 Å². The molecule has 0 aliphatic rings. The summed E-state index contributed by atoms with van der Waals surface area (Å²) in [4.78, 5) is 31.7. The van der Waals surface area contributed by atoms with E-state index in [1.165, 1.54) is 27.7 Å². The molecule has 0 aromatic carbocycles. The standard InChI is InChI=1S/C18H21N3O2S3/c1-10(14(22)20-18(2,3)4)26-17-19-15-13(16(23)21(17)5)11(9-25-15)12-7-6-8-24-12/h6-10H,1-5H3,(H,20,22). The highest BCUT2D eigenvalue weighted by Gasteiger charge is 2.23. The third-order valence-corrected chi connectivity index (χ3v) is 6.63. The molecule has 0 radical (unpaired) electrons. The van der Waals surface area contributed by atoms with Gasteiger partial charge >= 0.3 is 0 Å². The maximum absolute atomic E-state index is 12.9. The molecule has 8 heteroatoms. The SMILES string of the molecule is CC(Sc1nc2scc(-c3cccs3)c2c(=O)n1C)C(=O)NC(C)(C)C. The maximum atomic E-state index is 12.9. The summed E-state index contributed by atoms with van der Waals surface area (Å²) < 4.78 is 1.54. The minimum absolute atomic E-state index is 0.0673. The molecule has 3 aromatic heterocycles. The third kappa shape index (κ3) is 3.87. The molecule has 0 saturated heterocycles. The summed E-state index contributed by atoms with van der Waals surface area (Å²) in [6.07, 6.45) is 0. The van der Waals surface area contributed by atoms with Gasteiger partial charge in [-0.25, -0.2) is 4.98 Å². The lowest BCUT2D eigenvalue weighted by molar-refractivity contribution is -0.121. The van der Waals surface area contributed by atoms with E-state index in [9.17, 15) is 9.59 Å². The van der Waals surface area contributed by atoms with Gasteiger partial charge in [-0.05, 0) is 39.1 Å². The highest BCUT2D eigenvalue weighted by Crippen LogP contribution is 2.34. The smallest absolute Gasteiger partial charge is 0.263 e. The molecule has 0 fully saturated rings. The lowest BCUT2D eigenvalue weighted by Gasteiger charge is -2.23. The second-order valence-electron chi connectivity index (χ2n) is 7.06. The van der Waals surface area contributed by atoms with E-state index in [-0.39, 0.29) is 22.3 Å². The first kappa shape index (κ1) is 19.1. The number of hydrogen-bond donors (Lipinski definition) is 1. The summed E-state index contributed by atoms with van der Waals surface area (Å²) in [5.74, 6) is -0.0673. The van der Waals surface area contributed by atoms with Crippen LogP contribution in [0, 0.1) is 0 Å². The number of rotatable bonds is 4. The first-order valence-electron chi connectivity index (χ1n) is 8.18. The summed E-state index contributed by atoms with van der Waals surface area (Å²) in [6.45, 7) is 7.66. The van der Waals surface area contributed by atoms with E-state index in [1.807, 2.05) is 50.6 Å². The van der Waals surface area contributed by atoms with Crippen LogP contribution in [0.25, 0.3) is 20.7 Å². The molecule has 138 valence electrons. The number of carbonyl (C=O) groups is 1. The normalized spacial score (nSPS) is 13.1. The van der Waals surface area contributed by atoms with Crippen LogP contribution in [0.4, 0.5) is 0 Å². The Kier molecular flexibility index (Phi) is 5.28. The zero-order chi connectivity index (χ0) is 19.1. The van der Waals surface area contributed by atoms with Crippen molar-refractivity contribution in [3.63, 3.8) is 0 Å². The quantitative estimate of drug-likeness (QED) is 0.522. The number of thiophene rings is 2. The molecule has 3 aromatic rings.